The molecular weight excluding hydrogens is 503 g/mol. The van der Waals surface area contributed by atoms with Crippen LogP contribution in [-0.2, 0) is 11.2 Å². The second-order valence-electron chi connectivity index (χ2n) is 11.1. The van der Waals surface area contributed by atoms with E-state index in [4.69, 9.17) is 16.3 Å². The monoisotopic (exact) mass is 544 g/mol. The van der Waals surface area contributed by atoms with Crippen LogP contribution in [0.2, 0.25) is 5.02 Å². The Morgan fingerprint density at radius 3 is 2.54 bits per heavy atom. The summed E-state index contributed by atoms with van der Waals surface area (Å²) in [6, 6.07) is 13.7. The molecule has 1 saturated carbocycles. The molecule has 6 heteroatoms. The smallest absolute Gasteiger partial charge is 0.226 e. The average molecular weight is 546 g/mol. The van der Waals surface area contributed by atoms with E-state index in [-0.39, 0.29) is 18.3 Å². The summed E-state index contributed by atoms with van der Waals surface area (Å²) in [6.45, 7) is 4.92. The van der Waals surface area contributed by atoms with Crippen LogP contribution in [0.15, 0.2) is 36.4 Å². The highest BCUT2D eigenvalue weighted by molar-refractivity contribution is 6.31. The molecule has 3 aliphatic rings. The van der Waals surface area contributed by atoms with Crippen molar-refractivity contribution in [3.05, 3.63) is 52.5 Å². The van der Waals surface area contributed by atoms with Gasteiger partial charge in [0.1, 0.15) is 5.75 Å². The molecule has 2 saturated heterocycles. The Morgan fingerprint density at radius 2 is 1.81 bits per heavy atom. The van der Waals surface area contributed by atoms with Crippen LogP contribution in [0.3, 0.4) is 0 Å². The minimum Gasteiger partial charge on any atom is -0.494 e. The highest BCUT2D eigenvalue weighted by Crippen LogP contribution is 2.34. The van der Waals surface area contributed by atoms with Gasteiger partial charge in [0.05, 0.1) is 6.61 Å². The number of hydrogen-bond donors (Lipinski definition) is 1. The van der Waals surface area contributed by atoms with Crippen molar-refractivity contribution in [2.75, 3.05) is 19.7 Å². The van der Waals surface area contributed by atoms with Gasteiger partial charge in [-0.05, 0) is 98.9 Å². The first-order valence-electron chi connectivity index (χ1n) is 14.1. The lowest BCUT2D eigenvalue weighted by molar-refractivity contribution is -0.133. The van der Waals surface area contributed by atoms with Crippen molar-refractivity contribution < 1.29 is 9.53 Å². The number of likely N-dealkylation sites (tertiary alicyclic amines) is 1. The summed E-state index contributed by atoms with van der Waals surface area (Å²) in [5.74, 6) is 1.34. The van der Waals surface area contributed by atoms with Crippen LogP contribution in [0.1, 0.15) is 75.3 Å². The van der Waals surface area contributed by atoms with Gasteiger partial charge in [-0.1, -0.05) is 55.5 Å². The summed E-state index contributed by atoms with van der Waals surface area (Å²) in [6.07, 6.45) is 12.8. The molecule has 1 N–H and O–H groups in total. The lowest BCUT2D eigenvalue weighted by atomic mass is 9.93. The van der Waals surface area contributed by atoms with Crippen molar-refractivity contribution >= 4 is 29.9 Å². The third kappa shape index (κ3) is 7.02. The van der Waals surface area contributed by atoms with Crippen molar-refractivity contribution in [2.45, 2.75) is 89.6 Å². The van der Waals surface area contributed by atoms with Crippen LogP contribution in [0.5, 0.6) is 5.75 Å². The number of benzene rings is 2. The Bertz CT molecular complexity index is 1050. The normalized spacial score (nSPS) is 22.6. The molecule has 4 nitrogen and oxygen atoms in total. The molecule has 37 heavy (non-hydrogen) atoms. The molecule has 0 bridgehead atoms. The van der Waals surface area contributed by atoms with Gasteiger partial charge in [-0.15, -0.1) is 12.4 Å². The number of nitrogens with zero attached hydrogens (tertiary/aromatic N) is 1. The zero-order chi connectivity index (χ0) is 24.9. The third-order valence-electron chi connectivity index (χ3n) is 8.54. The van der Waals surface area contributed by atoms with Crippen molar-refractivity contribution in [2.24, 2.45) is 5.92 Å². The van der Waals surface area contributed by atoms with Crippen LogP contribution < -0.4 is 10.1 Å². The van der Waals surface area contributed by atoms with E-state index in [9.17, 15) is 4.79 Å². The molecule has 2 aromatic carbocycles. The van der Waals surface area contributed by atoms with Crippen molar-refractivity contribution in [1.82, 2.24) is 10.2 Å². The van der Waals surface area contributed by atoms with E-state index in [0.29, 0.717) is 18.0 Å². The highest BCUT2D eigenvalue weighted by Gasteiger charge is 2.36. The first kappa shape index (κ1) is 28.3. The lowest BCUT2D eigenvalue weighted by Gasteiger charge is -2.31. The Balaban J connectivity index is 0.00000320. The maximum absolute atomic E-state index is 13.1. The number of ether oxygens (including phenoxy) is 1. The molecule has 2 atom stereocenters. The maximum atomic E-state index is 13.1. The number of hydrogen-bond acceptors (Lipinski definition) is 3. The minimum atomic E-state index is 0. The molecule has 2 aromatic rings. The number of piperidine rings is 1. The Hall–Kier alpha value is -1.75. The number of carbonyl (C=O) groups excluding carboxylic acids is 1. The summed E-state index contributed by atoms with van der Waals surface area (Å²) < 4.78 is 6.06. The van der Waals surface area contributed by atoms with E-state index >= 15 is 0 Å². The van der Waals surface area contributed by atoms with Crippen LogP contribution in [0.25, 0.3) is 11.1 Å². The molecule has 0 radical (unpaired) electrons. The lowest BCUT2D eigenvalue weighted by Crippen LogP contribution is -2.39. The summed E-state index contributed by atoms with van der Waals surface area (Å²) in [4.78, 5) is 15.3. The molecular formula is C31H42Cl2N2O2. The quantitative estimate of drug-likeness (QED) is 0.377. The molecule has 0 aromatic heterocycles. The van der Waals surface area contributed by atoms with Gasteiger partial charge in [0, 0.05) is 29.6 Å². The molecule has 1 amide bonds. The van der Waals surface area contributed by atoms with E-state index in [2.05, 4.69) is 53.5 Å². The summed E-state index contributed by atoms with van der Waals surface area (Å²) >= 11 is 6.76. The fourth-order valence-electron chi connectivity index (χ4n) is 6.39. The molecule has 202 valence electrons. The zero-order valence-corrected chi connectivity index (χ0v) is 23.7. The molecule has 2 unspecified atom stereocenters. The number of rotatable bonds is 8. The van der Waals surface area contributed by atoms with Gasteiger partial charge in [-0.2, -0.15) is 0 Å². The Morgan fingerprint density at radius 1 is 1.00 bits per heavy atom. The number of nitrogens with one attached hydrogen (secondary N) is 1. The highest BCUT2D eigenvalue weighted by atomic mass is 35.5. The Labute approximate surface area is 233 Å². The minimum absolute atomic E-state index is 0. The third-order valence-corrected chi connectivity index (χ3v) is 8.89. The van der Waals surface area contributed by atoms with Crippen molar-refractivity contribution in [1.29, 1.82) is 0 Å². The van der Waals surface area contributed by atoms with Gasteiger partial charge in [0.25, 0.3) is 0 Å². The average Bonchev–Trinajstić information content (AvgIpc) is 3.26. The molecule has 0 spiro atoms. The van der Waals surface area contributed by atoms with Crippen LogP contribution >= 0.6 is 24.0 Å². The van der Waals surface area contributed by atoms with E-state index < -0.39 is 0 Å². The predicted octanol–water partition coefficient (Wildman–Crippen LogP) is 7.37. The van der Waals surface area contributed by atoms with E-state index in [1.807, 2.05) is 0 Å². The molecule has 3 fully saturated rings. The van der Waals surface area contributed by atoms with Gasteiger partial charge < -0.3 is 15.0 Å². The molecule has 5 rings (SSSR count). The summed E-state index contributed by atoms with van der Waals surface area (Å²) in [7, 11) is 0. The predicted molar refractivity (Wildman–Crippen MR) is 155 cm³/mol. The van der Waals surface area contributed by atoms with Crippen molar-refractivity contribution in [3.63, 3.8) is 0 Å². The molecule has 1 aliphatic carbocycles. The van der Waals surface area contributed by atoms with Gasteiger partial charge in [-0.3, -0.25) is 4.79 Å². The Kier molecular flexibility index (Phi) is 10.2. The fraction of sp³-hybridized carbons (Fsp3) is 0.581. The van der Waals surface area contributed by atoms with E-state index in [1.54, 1.807) is 0 Å². The summed E-state index contributed by atoms with van der Waals surface area (Å²) in [5, 5.41) is 4.35. The number of amides is 1. The topological polar surface area (TPSA) is 41.6 Å². The number of halogens is 2. The van der Waals surface area contributed by atoms with E-state index in [1.165, 1.54) is 62.5 Å². The molecule has 2 heterocycles. The second-order valence-corrected chi connectivity index (χ2v) is 11.5. The SMILES string of the molecule is Cc1cc(OCCC2CCCCN2)ccc1-c1ccc(CC2CCN(C3CCCCC3)C2=O)c(Cl)c1.Cl. The standard InChI is InChI=1S/C31H41ClN2O2.ClH/c1-22-19-28(36-18-15-26-7-5-6-16-33-26)12-13-29(22)23-10-11-24(30(32)21-23)20-25-14-17-34(31(25)35)27-8-3-2-4-9-27;/h10-13,19,21,25-27,33H,2-9,14-18,20H2,1H3;1H. The zero-order valence-electron chi connectivity index (χ0n) is 22.1. The molecule has 2 aliphatic heterocycles. The van der Waals surface area contributed by atoms with Gasteiger partial charge in [-0.25, -0.2) is 0 Å². The van der Waals surface area contributed by atoms with Crippen LogP contribution in [-0.4, -0.2) is 42.6 Å². The van der Waals surface area contributed by atoms with Gasteiger partial charge >= 0.3 is 0 Å². The van der Waals surface area contributed by atoms with Crippen LogP contribution in [0, 0.1) is 12.8 Å². The maximum Gasteiger partial charge on any atom is 0.226 e. The largest absolute Gasteiger partial charge is 0.494 e. The number of carbonyl (C=O) groups is 1. The van der Waals surface area contributed by atoms with Crippen LogP contribution in [0.4, 0.5) is 0 Å². The van der Waals surface area contributed by atoms with Gasteiger partial charge in [0.15, 0.2) is 0 Å². The summed E-state index contributed by atoms with van der Waals surface area (Å²) in [5.41, 5.74) is 4.55. The van der Waals surface area contributed by atoms with E-state index in [0.717, 1.165) is 60.9 Å². The first-order valence-corrected chi connectivity index (χ1v) is 14.5. The fourth-order valence-corrected chi connectivity index (χ4v) is 6.65. The van der Waals surface area contributed by atoms with Crippen molar-refractivity contribution in [3.8, 4) is 16.9 Å². The second kappa shape index (κ2) is 13.4. The van der Waals surface area contributed by atoms with Gasteiger partial charge in [0.2, 0.25) is 5.91 Å². The number of aryl methyl sites for hydroxylation is 1. The first-order chi connectivity index (χ1) is 17.6.